The number of hydrogen-bond acceptors (Lipinski definition) is 6. The standard InChI is InChI=1S/C31H37F2NO6S2/c1-30(2,3)40-29(37)34-27(28(35)36)17-41-16-21-4-5-22(11-25(21)32)42(38,39)23-6-7-24(26(33)12-23)31-13-18-8-19(14-31)10-20(9-18)15-31/h4-7,11-12,18-20,27H,8-10,13-17H2,1-3H3,(H,34,37)(H,35,36). The van der Waals surface area contributed by atoms with E-state index in [0.29, 0.717) is 23.3 Å². The zero-order valence-electron chi connectivity index (χ0n) is 24.0. The second-order valence-electron chi connectivity index (χ2n) is 13.1. The molecular formula is C31H37F2NO6S2. The quantitative estimate of drug-likeness (QED) is 0.330. The molecule has 4 bridgehead atoms. The van der Waals surface area contributed by atoms with Crippen LogP contribution in [0.1, 0.15) is 70.4 Å². The number of halogens is 2. The van der Waals surface area contributed by atoms with Crippen LogP contribution < -0.4 is 5.32 Å². The van der Waals surface area contributed by atoms with E-state index in [0.717, 1.165) is 43.2 Å². The van der Waals surface area contributed by atoms with Gasteiger partial charge in [-0.25, -0.2) is 26.8 Å². The normalized spacial score (nSPS) is 25.7. The average molecular weight is 622 g/mol. The van der Waals surface area contributed by atoms with Crippen molar-refractivity contribution >= 4 is 33.7 Å². The minimum atomic E-state index is -4.17. The fraction of sp³-hybridized carbons (Fsp3) is 0.548. The van der Waals surface area contributed by atoms with Crippen molar-refractivity contribution in [3.8, 4) is 0 Å². The Morgan fingerprint density at radius 3 is 2.05 bits per heavy atom. The summed E-state index contributed by atoms with van der Waals surface area (Å²) in [5.41, 5.74) is -0.230. The molecule has 0 heterocycles. The number of thioether (sulfide) groups is 1. The van der Waals surface area contributed by atoms with Gasteiger partial charge in [0.2, 0.25) is 9.84 Å². The molecule has 6 rings (SSSR count). The molecule has 2 aromatic rings. The first-order valence-electron chi connectivity index (χ1n) is 14.3. The van der Waals surface area contributed by atoms with Gasteiger partial charge in [-0.3, -0.25) is 0 Å². The van der Waals surface area contributed by atoms with E-state index in [1.165, 1.54) is 37.5 Å². The molecule has 1 amide bonds. The van der Waals surface area contributed by atoms with Gasteiger partial charge in [0, 0.05) is 11.5 Å². The highest BCUT2D eigenvalue weighted by atomic mass is 32.2. The Bertz CT molecular complexity index is 1450. The zero-order valence-corrected chi connectivity index (χ0v) is 25.6. The van der Waals surface area contributed by atoms with Crippen LogP contribution in [0.15, 0.2) is 46.2 Å². The number of carbonyl (C=O) groups excluding carboxylic acids is 1. The molecule has 0 spiro atoms. The molecule has 7 nitrogen and oxygen atoms in total. The van der Waals surface area contributed by atoms with Crippen LogP contribution >= 0.6 is 11.8 Å². The van der Waals surface area contributed by atoms with Gasteiger partial charge in [0.05, 0.1) is 9.79 Å². The first-order valence-corrected chi connectivity index (χ1v) is 16.9. The number of rotatable bonds is 9. The van der Waals surface area contributed by atoms with Gasteiger partial charge in [-0.15, -0.1) is 0 Å². The molecule has 228 valence electrons. The summed E-state index contributed by atoms with van der Waals surface area (Å²) >= 11 is 1.06. The molecule has 1 atom stereocenters. The number of sulfone groups is 1. The fourth-order valence-corrected chi connectivity index (χ4v) is 9.71. The van der Waals surface area contributed by atoms with Crippen molar-refractivity contribution in [2.75, 3.05) is 5.75 Å². The van der Waals surface area contributed by atoms with E-state index < -0.39 is 45.2 Å². The van der Waals surface area contributed by atoms with E-state index in [1.807, 2.05) is 0 Å². The van der Waals surface area contributed by atoms with Crippen LogP contribution in [0.3, 0.4) is 0 Å². The molecule has 42 heavy (non-hydrogen) atoms. The van der Waals surface area contributed by atoms with Gasteiger partial charge in [0.25, 0.3) is 0 Å². The fourth-order valence-electron chi connectivity index (χ4n) is 7.39. The Kier molecular flexibility index (Phi) is 8.39. The molecular weight excluding hydrogens is 584 g/mol. The van der Waals surface area contributed by atoms with Crippen molar-refractivity contribution in [3.63, 3.8) is 0 Å². The Balaban J connectivity index is 1.25. The lowest BCUT2D eigenvalue weighted by molar-refractivity contribution is -0.138. The molecule has 0 saturated heterocycles. The van der Waals surface area contributed by atoms with Gasteiger partial charge < -0.3 is 15.2 Å². The van der Waals surface area contributed by atoms with Crippen LogP contribution in [-0.2, 0) is 30.5 Å². The van der Waals surface area contributed by atoms with E-state index in [4.69, 9.17) is 4.74 Å². The summed E-state index contributed by atoms with van der Waals surface area (Å²) in [6.45, 7) is 4.95. The minimum absolute atomic E-state index is 0.0420. The maximum Gasteiger partial charge on any atom is 0.408 e. The molecule has 2 aromatic carbocycles. The predicted octanol–water partition coefficient (Wildman–Crippen LogP) is 6.48. The maximum absolute atomic E-state index is 15.6. The third-order valence-corrected chi connectivity index (χ3v) is 11.6. The van der Waals surface area contributed by atoms with E-state index in [2.05, 4.69) is 5.32 Å². The lowest BCUT2D eigenvalue weighted by Crippen LogP contribution is -2.48. The summed E-state index contributed by atoms with van der Waals surface area (Å²) < 4.78 is 62.3. The van der Waals surface area contributed by atoms with Crippen LogP contribution in [0.2, 0.25) is 0 Å². The minimum Gasteiger partial charge on any atom is -0.480 e. The summed E-state index contributed by atoms with van der Waals surface area (Å²) in [6, 6.07) is 6.39. The molecule has 1 unspecified atom stereocenters. The summed E-state index contributed by atoms with van der Waals surface area (Å²) in [6.07, 6.45) is 5.65. The Labute approximate surface area is 249 Å². The number of ether oxygens (including phenoxy) is 1. The highest BCUT2D eigenvalue weighted by Gasteiger charge is 2.52. The number of hydrogen-bond donors (Lipinski definition) is 2. The van der Waals surface area contributed by atoms with Crippen LogP contribution in [0.25, 0.3) is 0 Å². The second kappa shape index (κ2) is 11.4. The van der Waals surface area contributed by atoms with Gasteiger partial charge in [-0.2, -0.15) is 11.8 Å². The lowest BCUT2D eigenvalue weighted by Gasteiger charge is -2.57. The first-order chi connectivity index (χ1) is 19.6. The number of carboxylic acids is 1. The Morgan fingerprint density at radius 1 is 1.00 bits per heavy atom. The third kappa shape index (κ3) is 6.46. The summed E-state index contributed by atoms with van der Waals surface area (Å²) in [7, 11) is -4.17. The first kappa shape index (κ1) is 30.8. The molecule has 11 heteroatoms. The maximum atomic E-state index is 15.6. The Hall–Kier alpha value is -2.66. The molecule has 4 aliphatic rings. The van der Waals surface area contributed by atoms with E-state index in [9.17, 15) is 27.5 Å². The molecule has 4 saturated carbocycles. The highest BCUT2D eigenvalue weighted by molar-refractivity contribution is 7.98. The predicted molar refractivity (Wildman–Crippen MR) is 155 cm³/mol. The summed E-state index contributed by atoms with van der Waals surface area (Å²) in [4.78, 5) is 23.0. The smallest absolute Gasteiger partial charge is 0.408 e. The van der Waals surface area contributed by atoms with Crippen LogP contribution in [0, 0.1) is 29.4 Å². The van der Waals surface area contributed by atoms with Gasteiger partial charge in [0.1, 0.15) is 23.3 Å². The number of carbonyl (C=O) groups is 2. The van der Waals surface area contributed by atoms with Crippen molar-refractivity contribution in [3.05, 3.63) is 59.2 Å². The van der Waals surface area contributed by atoms with Gasteiger partial charge in [-0.1, -0.05) is 12.1 Å². The molecule has 4 aliphatic carbocycles. The van der Waals surface area contributed by atoms with E-state index >= 15 is 4.39 Å². The SMILES string of the molecule is CC(C)(C)OC(=O)NC(CSCc1ccc(S(=O)(=O)c2ccc(C34CC5CC(CC(C5)C3)C4)c(F)c2)cc1F)C(=O)O. The van der Waals surface area contributed by atoms with E-state index in [-0.39, 0.29) is 32.3 Å². The van der Waals surface area contributed by atoms with Crippen molar-refractivity contribution in [2.45, 2.75) is 91.9 Å². The van der Waals surface area contributed by atoms with Crippen molar-refractivity contribution in [1.82, 2.24) is 5.32 Å². The highest BCUT2D eigenvalue weighted by Crippen LogP contribution is 2.61. The molecule has 2 N–H and O–H groups in total. The molecule has 0 radical (unpaired) electrons. The number of amides is 1. The molecule has 4 fully saturated rings. The van der Waals surface area contributed by atoms with Crippen molar-refractivity contribution in [1.29, 1.82) is 0 Å². The number of nitrogens with one attached hydrogen (secondary N) is 1. The van der Waals surface area contributed by atoms with Gasteiger partial charge >= 0.3 is 12.1 Å². The monoisotopic (exact) mass is 621 g/mol. The van der Waals surface area contributed by atoms with E-state index in [1.54, 1.807) is 26.8 Å². The van der Waals surface area contributed by atoms with Crippen LogP contribution in [-0.4, -0.2) is 43.0 Å². The number of alkyl carbamates (subject to hydrolysis) is 1. The van der Waals surface area contributed by atoms with Crippen LogP contribution in [0.4, 0.5) is 13.6 Å². The van der Waals surface area contributed by atoms with Gasteiger partial charge in [-0.05, 0) is 118 Å². The van der Waals surface area contributed by atoms with Crippen LogP contribution in [0.5, 0.6) is 0 Å². The summed E-state index contributed by atoms with van der Waals surface area (Å²) in [5.74, 6) is -0.721. The van der Waals surface area contributed by atoms with Crippen molar-refractivity contribution in [2.24, 2.45) is 17.8 Å². The zero-order chi connectivity index (χ0) is 30.4. The van der Waals surface area contributed by atoms with Gasteiger partial charge in [0.15, 0.2) is 0 Å². The van der Waals surface area contributed by atoms with Crippen molar-refractivity contribution < 1.29 is 36.6 Å². The topological polar surface area (TPSA) is 110 Å². The lowest BCUT2D eigenvalue weighted by atomic mass is 9.48. The largest absolute Gasteiger partial charge is 0.480 e. The molecule has 0 aromatic heterocycles. The molecule has 0 aliphatic heterocycles. The third-order valence-electron chi connectivity index (χ3n) is 8.73. The second-order valence-corrected chi connectivity index (χ2v) is 16.1. The number of benzene rings is 2. The average Bonchev–Trinajstić information content (AvgIpc) is 2.86. The summed E-state index contributed by atoms with van der Waals surface area (Å²) in [5, 5.41) is 11.7. The number of carboxylic acid groups (broad SMARTS) is 1. The Morgan fingerprint density at radius 2 is 1.55 bits per heavy atom. The number of aliphatic carboxylic acids is 1.